The largest absolute Gasteiger partial charge is 0.385 e. The zero-order valence-corrected chi connectivity index (χ0v) is 12.1. The third kappa shape index (κ3) is 5.26. The van der Waals surface area contributed by atoms with Crippen molar-refractivity contribution in [1.82, 2.24) is 10.3 Å². The van der Waals surface area contributed by atoms with Gasteiger partial charge in [0.15, 0.2) is 0 Å². The third-order valence-corrected chi connectivity index (χ3v) is 2.71. The number of carbonyl (C=O) groups excluding carboxylic acids is 1. The number of methoxy groups -OCH3 is 1. The minimum atomic E-state index is -0.0757. The van der Waals surface area contributed by atoms with Gasteiger partial charge in [-0.2, -0.15) is 0 Å². The van der Waals surface area contributed by atoms with Crippen LogP contribution in [0.3, 0.4) is 0 Å². The van der Waals surface area contributed by atoms with Gasteiger partial charge in [-0.05, 0) is 39.3 Å². The van der Waals surface area contributed by atoms with E-state index in [1.807, 2.05) is 20.8 Å². The Bertz CT molecular complexity index is 421. The van der Waals surface area contributed by atoms with Crippen LogP contribution in [0, 0.1) is 6.92 Å². The topological polar surface area (TPSA) is 63.2 Å². The van der Waals surface area contributed by atoms with Crippen LogP contribution in [0.4, 0.5) is 5.82 Å². The van der Waals surface area contributed by atoms with Crippen molar-refractivity contribution in [3.05, 3.63) is 23.4 Å². The maximum atomic E-state index is 12.1. The first-order chi connectivity index (χ1) is 9.06. The minimum absolute atomic E-state index is 0.0757. The Morgan fingerprint density at radius 1 is 1.47 bits per heavy atom. The van der Waals surface area contributed by atoms with Crippen molar-refractivity contribution in [3.63, 3.8) is 0 Å². The number of hydrogen-bond donors (Lipinski definition) is 2. The molecule has 2 N–H and O–H groups in total. The second-order valence-electron chi connectivity index (χ2n) is 4.57. The van der Waals surface area contributed by atoms with E-state index >= 15 is 0 Å². The van der Waals surface area contributed by atoms with Gasteiger partial charge in [-0.25, -0.2) is 4.98 Å². The molecule has 1 unspecified atom stereocenters. The average molecular weight is 265 g/mol. The molecule has 0 fully saturated rings. The number of anilines is 1. The molecule has 0 saturated carbocycles. The van der Waals surface area contributed by atoms with E-state index in [0.29, 0.717) is 12.2 Å². The predicted octanol–water partition coefficient (Wildman–Crippen LogP) is 1.98. The molecule has 0 aliphatic rings. The van der Waals surface area contributed by atoms with Gasteiger partial charge in [-0.15, -0.1) is 0 Å². The van der Waals surface area contributed by atoms with Gasteiger partial charge in [-0.1, -0.05) is 0 Å². The van der Waals surface area contributed by atoms with E-state index < -0.39 is 0 Å². The van der Waals surface area contributed by atoms with Crippen molar-refractivity contribution in [2.75, 3.05) is 25.6 Å². The Balaban J connectivity index is 2.70. The van der Waals surface area contributed by atoms with Gasteiger partial charge in [-0.3, -0.25) is 4.79 Å². The lowest BCUT2D eigenvalue weighted by Gasteiger charge is -2.14. The molecule has 0 aliphatic carbocycles. The maximum Gasteiger partial charge on any atom is 0.251 e. The van der Waals surface area contributed by atoms with Gasteiger partial charge in [0, 0.05) is 37.6 Å². The molecular weight excluding hydrogens is 242 g/mol. The maximum absolute atomic E-state index is 12.1. The summed E-state index contributed by atoms with van der Waals surface area (Å²) >= 11 is 0. The van der Waals surface area contributed by atoms with E-state index in [4.69, 9.17) is 4.74 Å². The SMILES string of the molecule is CCNc1cc(C(=O)NC(C)CCOC)cc(C)n1. The zero-order chi connectivity index (χ0) is 14.3. The van der Waals surface area contributed by atoms with E-state index in [-0.39, 0.29) is 11.9 Å². The monoisotopic (exact) mass is 265 g/mol. The predicted molar refractivity (Wildman–Crippen MR) is 76.6 cm³/mol. The Hall–Kier alpha value is -1.62. The number of ether oxygens (including phenoxy) is 1. The molecule has 0 aromatic carbocycles. The Kier molecular flexibility index (Phi) is 6.29. The lowest BCUT2D eigenvalue weighted by Crippen LogP contribution is -2.33. The molecule has 106 valence electrons. The van der Waals surface area contributed by atoms with Crippen molar-refractivity contribution in [2.45, 2.75) is 33.2 Å². The molecule has 1 aromatic rings. The van der Waals surface area contributed by atoms with Gasteiger partial charge >= 0.3 is 0 Å². The molecule has 0 saturated heterocycles. The average Bonchev–Trinajstić information content (AvgIpc) is 2.36. The molecule has 0 spiro atoms. The standard InChI is InChI=1S/C14H23N3O2/c1-5-15-13-9-12(8-11(3)16-13)14(18)17-10(2)6-7-19-4/h8-10H,5-7H2,1-4H3,(H,15,16)(H,17,18). The summed E-state index contributed by atoms with van der Waals surface area (Å²) in [6.07, 6.45) is 0.798. The fourth-order valence-electron chi connectivity index (χ4n) is 1.75. The quantitative estimate of drug-likeness (QED) is 0.791. The smallest absolute Gasteiger partial charge is 0.251 e. The third-order valence-electron chi connectivity index (χ3n) is 2.71. The number of carbonyl (C=O) groups is 1. The number of nitrogens with one attached hydrogen (secondary N) is 2. The number of aryl methyl sites for hydroxylation is 1. The summed E-state index contributed by atoms with van der Waals surface area (Å²) in [4.78, 5) is 16.4. The van der Waals surface area contributed by atoms with Crippen LogP contribution in [0.2, 0.25) is 0 Å². The van der Waals surface area contributed by atoms with Crippen LogP contribution in [-0.2, 0) is 4.74 Å². The van der Waals surface area contributed by atoms with Crippen LogP contribution >= 0.6 is 0 Å². The second kappa shape index (κ2) is 7.74. The highest BCUT2D eigenvalue weighted by molar-refractivity contribution is 5.95. The van der Waals surface area contributed by atoms with Crippen LogP contribution in [0.1, 0.15) is 36.3 Å². The molecule has 0 bridgehead atoms. The van der Waals surface area contributed by atoms with Gasteiger partial charge in [0.25, 0.3) is 5.91 Å². The minimum Gasteiger partial charge on any atom is -0.385 e. The molecule has 1 heterocycles. The lowest BCUT2D eigenvalue weighted by atomic mass is 10.2. The van der Waals surface area contributed by atoms with Gasteiger partial charge in [0.05, 0.1) is 0 Å². The van der Waals surface area contributed by atoms with E-state index in [1.54, 1.807) is 19.2 Å². The fourth-order valence-corrected chi connectivity index (χ4v) is 1.75. The number of rotatable bonds is 7. The lowest BCUT2D eigenvalue weighted by molar-refractivity contribution is 0.0929. The molecule has 0 radical (unpaired) electrons. The molecule has 1 rings (SSSR count). The number of nitrogens with zero attached hydrogens (tertiary/aromatic N) is 1. The Morgan fingerprint density at radius 2 is 2.21 bits per heavy atom. The van der Waals surface area contributed by atoms with Gasteiger partial charge in [0.1, 0.15) is 5.82 Å². The number of aromatic nitrogens is 1. The van der Waals surface area contributed by atoms with Crippen molar-refractivity contribution < 1.29 is 9.53 Å². The summed E-state index contributed by atoms with van der Waals surface area (Å²) in [5, 5.41) is 6.07. The van der Waals surface area contributed by atoms with Crippen molar-refractivity contribution in [1.29, 1.82) is 0 Å². The van der Waals surface area contributed by atoms with Crippen LogP contribution in [0.15, 0.2) is 12.1 Å². The van der Waals surface area contributed by atoms with Crippen LogP contribution in [0.25, 0.3) is 0 Å². The highest BCUT2D eigenvalue weighted by Gasteiger charge is 2.11. The Morgan fingerprint density at radius 3 is 2.84 bits per heavy atom. The van der Waals surface area contributed by atoms with E-state index in [1.165, 1.54) is 0 Å². The van der Waals surface area contributed by atoms with Gasteiger partial charge < -0.3 is 15.4 Å². The summed E-state index contributed by atoms with van der Waals surface area (Å²) in [5.41, 5.74) is 1.46. The summed E-state index contributed by atoms with van der Waals surface area (Å²) in [6, 6.07) is 3.65. The number of hydrogen-bond acceptors (Lipinski definition) is 4. The number of amides is 1. The molecule has 5 nitrogen and oxygen atoms in total. The van der Waals surface area contributed by atoms with Gasteiger partial charge in [0.2, 0.25) is 0 Å². The highest BCUT2D eigenvalue weighted by atomic mass is 16.5. The molecule has 19 heavy (non-hydrogen) atoms. The van der Waals surface area contributed by atoms with Crippen molar-refractivity contribution in [2.24, 2.45) is 0 Å². The van der Waals surface area contributed by atoms with E-state index in [2.05, 4.69) is 15.6 Å². The molecule has 5 heteroatoms. The van der Waals surface area contributed by atoms with Crippen molar-refractivity contribution >= 4 is 11.7 Å². The second-order valence-corrected chi connectivity index (χ2v) is 4.57. The first-order valence-electron chi connectivity index (χ1n) is 6.59. The molecular formula is C14H23N3O2. The summed E-state index contributed by atoms with van der Waals surface area (Å²) in [7, 11) is 1.66. The molecule has 1 amide bonds. The zero-order valence-electron chi connectivity index (χ0n) is 12.1. The van der Waals surface area contributed by atoms with Crippen LogP contribution in [-0.4, -0.2) is 37.2 Å². The van der Waals surface area contributed by atoms with Crippen LogP contribution in [0.5, 0.6) is 0 Å². The summed E-state index contributed by atoms with van der Waals surface area (Å²) in [5.74, 6) is 0.658. The normalized spacial score (nSPS) is 12.0. The highest BCUT2D eigenvalue weighted by Crippen LogP contribution is 2.10. The summed E-state index contributed by atoms with van der Waals surface area (Å²) < 4.78 is 5.00. The first kappa shape index (κ1) is 15.4. The molecule has 0 aliphatic heterocycles. The Labute approximate surface area is 114 Å². The number of pyridine rings is 1. The van der Waals surface area contributed by atoms with Crippen LogP contribution < -0.4 is 10.6 Å². The first-order valence-corrected chi connectivity index (χ1v) is 6.59. The van der Waals surface area contributed by atoms with E-state index in [9.17, 15) is 4.79 Å². The molecule has 1 aromatic heterocycles. The fraction of sp³-hybridized carbons (Fsp3) is 0.571. The summed E-state index contributed by atoms with van der Waals surface area (Å²) in [6.45, 7) is 7.26. The van der Waals surface area contributed by atoms with Crippen molar-refractivity contribution in [3.8, 4) is 0 Å². The van der Waals surface area contributed by atoms with E-state index in [0.717, 1.165) is 24.5 Å². The molecule has 1 atom stereocenters.